The van der Waals surface area contributed by atoms with Crippen LogP contribution in [-0.2, 0) is 0 Å². The maximum Gasteiger partial charge on any atom is 0.134 e. The van der Waals surface area contributed by atoms with Gasteiger partial charge in [-0.1, -0.05) is 24.3 Å². The first-order chi connectivity index (χ1) is 10.2. The Morgan fingerprint density at radius 2 is 1.90 bits per heavy atom. The summed E-state index contributed by atoms with van der Waals surface area (Å²) < 4.78 is 0. The molecule has 3 aromatic rings. The van der Waals surface area contributed by atoms with E-state index < -0.39 is 0 Å². The Balaban J connectivity index is 2.00. The molecule has 4 heteroatoms. The Morgan fingerprint density at radius 3 is 2.71 bits per heavy atom. The standard InChI is InChI=1S/C17H16N4/c1-10-14(20-17(12-7-8-12)21-16(10)18)13-6-2-4-11-5-3-9-19-15(11)13/h2-6,9,12H,7-8H2,1H3,(H2,18,20,21). The average Bonchev–Trinajstić information content (AvgIpc) is 3.34. The molecule has 2 aromatic heterocycles. The van der Waals surface area contributed by atoms with Gasteiger partial charge in [-0.25, -0.2) is 9.97 Å². The predicted molar refractivity (Wildman–Crippen MR) is 83.9 cm³/mol. The summed E-state index contributed by atoms with van der Waals surface area (Å²) in [6.45, 7) is 1.98. The molecular formula is C17H16N4. The third-order valence-corrected chi connectivity index (χ3v) is 4.03. The van der Waals surface area contributed by atoms with Gasteiger partial charge < -0.3 is 5.73 Å². The first-order valence-corrected chi connectivity index (χ1v) is 7.22. The van der Waals surface area contributed by atoms with E-state index >= 15 is 0 Å². The second-order valence-electron chi connectivity index (χ2n) is 5.60. The van der Waals surface area contributed by atoms with Crippen molar-refractivity contribution in [1.82, 2.24) is 15.0 Å². The highest BCUT2D eigenvalue weighted by Gasteiger charge is 2.28. The smallest absolute Gasteiger partial charge is 0.134 e. The number of hydrogen-bond donors (Lipinski definition) is 1. The number of nitrogen functional groups attached to an aromatic ring is 1. The molecule has 0 radical (unpaired) electrons. The first-order valence-electron chi connectivity index (χ1n) is 7.22. The summed E-state index contributed by atoms with van der Waals surface area (Å²) in [6.07, 6.45) is 4.14. The second kappa shape index (κ2) is 4.52. The highest BCUT2D eigenvalue weighted by molar-refractivity contribution is 5.93. The molecule has 2 N–H and O–H groups in total. The highest BCUT2D eigenvalue weighted by atomic mass is 15.0. The highest BCUT2D eigenvalue weighted by Crippen LogP contribution is 2.40. The van der Waals surface area contributed by atoms with Gasteiger partial charge in [0, 0.05) is 28.6 Å². The van der Waals surface area contributed by atoms with Crippen LogP contribution in [0.3, 0.4) is 0 Å². The number of nitrogens with zero attached hydrogens (tertiary/aromatic N) is 3. The van der Waals surface area contributed by atoms with Crippen molar-refractivity contribution in [2.45, 2.75) is 25.7 Å². The van der Waals surface area contributed by atoms with Gasteiger partial charge in [-0.05, 0) is 25.8 Å². The van der Waals surface area contributed by atoms with Crippen LogP contribution >= 0.6 is 0 Å². The summed E-state index contributed by atoms with van der Waals surface area (Å²) >= 11 is 0. The number of rotatable bonds is 2. The van der Waals surface area contributed by atoms with Gasteiger partial charge in [0.2, 0.25) is 0 Å². The molecule has 2 heterocycles. The third-order valence-electron chi connectivity index (χ3n) is 4.03. The van der Waals surface area contributed by atoms with Crippen LogP contribution in [0.5, 0.6) is 0 Å². The van der Waals surface area contributed by atoms with Crippen LogP contribution in [0, 0.1) is 6.92 Å². The molecule has 0 amide bonds. The zero-order chi connectivity index (χ0) is 14.4. The number of hydrogen-bond acceptors (Lipinski definition) is 4. The van der Waals surface area contributed by atoms with Gasteiger partial charge in [-0.2, -0.15) is 0 Å². The number of benzene rings is 1. The Hall–Kier alpha value is -2.49. The zero-order valence-corrected chi connectivity index (χ0v) is 11.9. The predicted octanol–water partition coefficient (Wildman–Crippen LogP) is 3.46. The zero-order valence-electron chi connectivity index (χ0n) is 11.9. The Labute approximate surface area is 123 Å². The molecule has 4 nitrogen and oxygen atoms in total. The van der Waals surface area contributed by atoms with Gasteiger partial charge in [0.15, 0.2) is 0 Å². The van der Waals surface area contributed by atoms with Crippen LogP contribution in [0.15, 0.2) is 36.5 Å². The summed E-state index contributed by atoms with van der Waals surface area (Å²) in [4.78, 5) is 13.7. The molecule has 1 aliphatic rings. The Morgan fingerprint density at radius 1 is 1.10 bits per heavy atom. The van der Waals surface area contributed by atoms with E-state index in [1.807, 2.05) is 25.3 Å². The van der Waals surface area contributed by atoms with Gasteiger partial charge in [0.05, 0.1) is 11.2 Å². The molecule has 1 aliphatic carbocycles. The minimum absolute atomic E-state index is 0.481. The van der Waals surface area contributed by atoms with Gasteiger partial charge in [0.25, 0.3) is 0 Å². The summed E-state index contributed by atoms with van der Waals surface area (Å²) in [6, 6.07) is 10.2. The molecule has 0 aliphatic heterocycles. The summed E-state index contributed by atoms with van der Waals surface area (Å²) in [7, 11) is 0. The molecule has 1 fully saturated rings. The fourth-order valence-corrected chi connectivity index (χ4v) is 2.63. The summed E-state index contributed by atoms with van der Waals surface area (Å²) in [5.41, 5.74) is 9.93. The fourth-order valence-electron chi connectivity index (χ4n) is 2.63. The minimum atomic E-state index is 0.481. The lowest BCUT2D eigenvalue weighted by Gasteiger charge is -2.11. The van der Waals surface area contributed by atoms with Gasteiger partial charge in [-0.3, -0.25) is 4.98 Å². The average molecular weight is 276 g/mol. The topological polar surface area (TPSA) is 64.7 Å². The number of nitrogens with two attached hydrogens (primary N) is 1. The number of anilines is 1. The van der Waals surface area contributed by atoms with Crippen molar-refractivity contribution in [2.24, 2.45) is 0 Å². The van der Waals surface area contributed by atoms with Crippen LogP contribution < -0.4 is 5.73 Å². The number of aromatic nitrogens is 3. The maximum absolute atomic E-state index is 6.10. The molecule has 1 saturated carbocycles. The number of fused-ring (bicyclic) bond motifs is 1. The van der Waals surface area contributed by atoms with Gasteiger partial charge in [-0.15, -0.1) is 0 Å². The van der Waals surface area contributed by atoms with Crippen molar-refractivity contribution in [1.29, 1.82) is 0 Å². The Kier molecular flexibility index (Phi) is 2.64. The maximum atomic E-state index is 6.10. The van der Waals surface area contributed by atoms with E-state index in [9.17, 15) is 0 Å². The number of pyridine rings is 1. The van der Waals surface area contributed by atoms with Gasteiger partial charge in [0.1, 0.15) is 11.6 Å². The van der Waals surface area contributed by atoms with Crippen molar-refractivity contribution >= 4 is 16.7 Å². The number of para-hydroxylation sites is 1. The van der Waals surface area contributed by atoms with E-state index in [2.05, 4.69) is 28.2 Å². The summed E-state index contributed by atoms with van der Waals surface area (Å²) in [5, 5.41) is 1.11. The molecule has 21 heavy (non-hydrogen) atoms. The molecule has 1 aromatic carbocycles. The SMILES string of the molecule is Cc1c(N)nc(C2CC2)nc1-c1cccc2cccnc12. The van der Waals surface area contributed by atoms with Crippen molar-refractivity contribution < 1.29 is 0 Å². The van der Waals surface area contributed by atoms with Crippen molar-refractivity contribution in [3.8, 4) is 11.3 Å². The fraction of sp³-hybridized carbons (Fsp3) is 0.235. The van der Waals surface area contributed by atoms with Crippen molar-refractivity contribution in [3.05, 3.63) is 47.9 Å². The molecule has 0 spiro atoms. The normalized spacial score (nSPS) is 14.5. The van der Waals surface area contributed by atoms with Crippen molar-refractivity contribution in [3.63, 3.8) is 0 Å². The summed E-state index contributed by atoms with van der Waals surface area (Å²) in [5.74, 6) is 1.94. The van der Waals surface area contributed by atoms with Crippen molar-refractivity contribution in [2.75, 3.05) is 5.73 Å². The third kappa shape index (κ3) is 2.03. The lowest BCUT2D eigenvalue weighted by atomic mass is 10.0. The van der Waals surface area contributed by atoms with Crippen LogP contribution in [-0.4, -0.2) is 15.0 Å². The molecule has 0 atom stereocenters. The molecule has 4 rings (SSSR count). The van der Waals surface area contributed by atoms with E-state index in [4.69, 9.17) is 10.7 Å². The lowest BCUT2D eigenvalue weighted by Crippen LogP contribution is -2.04. The van der Waals surface area contributed by atoms with E-state index in [-0.39, 0.29) is 0 Å². The minimum Gasteiger partial charge on any atom is -0.383 e. The van der Waals surface area contributed by atoms with E-state index in [1.165, 1.54) is 0 Å². The van der Waals surface area contributed by atoms with Gasteiger partial charge >= 0.3 is 0 Å². The second-order valence-corrected chi connectivity index (χ2v) is 5.60. The van der Waals surface area contributed by atoms with Crippen LogP contribution in [0.4, 0.5) is 5.82 Å². The lowest BCUT2D eigenvalue weighted by molar-refractivity contribution is 0.928. The first kappa shape index (κ1) is 12.3. The largest absolute Gasteiger partial charge is 0.383 e. The van der Waals surface area contributed by atoms with Crippen LogP contribution in [0.25, 0.3) is 22.2 Å². The molecule has 104 valence electrons. The quantitative estimate of drug-likeness (QED) is 0.778. The molecular weight excluding hydrogens is 260 g/mol. The van der Waals surface area contributed by atoms with Crippen LogP contribution in [0.2, 0.25) is 0 Å². The van der Waals surface area contributed by atoms with Crippen LogP contribution in [0.1, 0.15) is 30.1 Å². The monoisotopic (exact) mass is 276 g/mol. The molecule has 0 unspecified atom stereocenters. The molecule has 0 saturated heterocycles. The Bertz CT molecular complexity index is 832. The van der Waals surface area contributed by atoms with E-state index in [0.717, 1.165) is 46.4 Å². The van der Waals surface area contributed by atoms with E-state index in [1.54, 1.807) is 0 Å². The van der Waals surface area contributed by atoms with E-state index in [0.29, 0.717) is 11.7 Å². The molecule has 0 bridgehead atoms.